The first-order valence-corrected chi connectivity index (χ1v) is 7.39. The largest absolute Gasteiger partial charge is 0.380 e. The molecule has 0 radical (unpaired) electrons. The average Bonchev–Trinajstić information content (AvgIpc) is 2.66. The molecule has 0 aliphatic carbocycles. The summed E-state index contributed by atoms with van der Waals surface area (Å²) in [6.07, 6.45) is 1.08. The van der Waals surface area contributed by atoms with Crippen molar-refractivity contribution in [2.24, 2.45) is 0 Å². The number of hydrogen-bond acceptors (Lipinski definition) is 3. The van der Waals surface area contributed by atoms with Gasteiger partial charge in [0.2, 0.25) is 0 Å². The van der Waals surface area contributed by atoms with Crippen LogP contribution in [-0.2, 0) is 11.3 Å². The molecule has 1 saturated heterocycles. The Morgan fingerprint density at radius 2 is 2.16 bits per heavy atom. The molecule has 106 valence electrons. The van der Waals surface area contributed by atoms with E-state index in [0.717, 1.165) is 49.9 Å². The molecule has 1 aliphatic rings. The van der Waals surface area contributed by atoms with Crippen molar-refractivity contribution in [1.29, 1.82) is 0 Å². The maximum Gasteiger partial charge on any atom is 0.0641 e. The molecule has 0 saturated carbocycles. The number of hydrogen-bond donors (Lipinski definition) is 1. The van der Waals surface area contributed by atoms with E-state index in [4.69, 9.17) is 16.3 Å². The van der Waals surface area contributed by atoms with Crippen LogP contribution >= 0.6 is 11.6 Å². The third-order valence-corrected chi connectivity index (χ3v) is 3.68. The Bertz CT molecular complexity index is 401. The van der Waals surface area contributed by atoms with E-state index in [1.54, 1.807) is 0 Å². The van der Waals surface area contributed by atoms with Crippen molar-refractivity contribution in [3.63, 3.8) is 0 Å². The van der Waals surface area contributed by atoms with E-state index < -0.39 is 0 Å². The molecule has 0 spiro atoms. The van der Waals surface area contributed by atoms with Crippen LogP contribution in [0, 0.1) is 0 Å². The van der Waals surface area contributed by atoms with Crippen molar-refractivity contribution in [2.75, 3.05) is 31.2 Å². The van der Waals surface area contributed by atoms with Crippen molar-refractivity contribution in [1.82, 2.24) is 5.32 Å². The SMILES string of the molecule is CC(C)NCc1ccc(N2CCCOCC2)cc1Cl. The number of nitrogens with zero attached hydrogens (tertiary/aromatic N) is 1. The van der Waals surface area contributed by atoms with E-state index in [9.17, 15) is 0 Å². The van der Waals surface area contributed by atoms with E-state index >= 15 is 0 Å². The lowest BCUT2D eigenvalue weighted by Gasteiger charge is -2.22. The van der Waals surface area contributed by atoms with Crippen LogP contribution in [0.1, 0.15) is 25.8 Å². The van der Waals surface area contributed by atoms with Gasteiger partial charge in [0, 0.05) is 43.0 Å². The molecule has 0 atom stereocenters. The maximum absolute atomic E-state index is 6.37. The first kappa shape index (κ1) is 14.6. The number of rotatable bonds is 4. The highest BCUT2D eigenvalue weighted by atomic mass is 35.5. The minimum Gasteiger partial charge on any atom is -0.380 e. The average molecular weight is 283 g/mol. The van der Waals surface area contributed by atoms with Crippen molar-refractivity contribution in [3.8, 4) is 0 Å². The zero-order valence-electron chi connectivity index (χ0n) is 11.8. The highest BCUT2D eigenvalue weighted by Crippen LogP contribution is 2.24. The second kappa shape index (κ2) is 7.13. The van der Waals surface area contributed by atoms with Crippen LogP contribution in [0.15, 0.2) is 18.2 Å². The van der Waals surface area contributed by atoms with Crippen molar-refractivity contribution < 1.29 is 4.74 Å². The van der Waals surface area contributed by atoms with Crippen LogP contribution < -0.4 is 10.2 Å². The van der Waals surface area contributed by atoms with Gasteiger partial charge in [0.25, 0.3) is 0 Å². The summed E-state index contributed by atoms with van der Waals surface area (Å²) in [5.41, 5.74) is 2.36. The van der Waals surface area contributed by atoms with Crippen LogP contribution in [0.2, 0.25) is 5.02 Å². The summed E-state index contributed by atoms with van der Waals surface area (Å²) < 4.78 is 5.48. The molecular weight excluding hydrogens is 260 g/mol. The third kappa shape index (κ3) is 4.37. The molecule has 0 unspecified atom stereocenters. The summed E-state index contributed by atoms with van der Waals surface area (Å²) in [7, 11) is 0. The molecule has 1 aromatic rings. The predicted octanol–water partition coefficient (Wildman–Crippen LogP) is 3.06. The lowest BCUT2D eigenvalue weighted by molar-refractivity contribution is 0.152. The number of benzene rings is 1. The Kier molecular flexibility index (Phi) is 5.49. The minimum atomic E-state index is 0.471. The first-order valence-electron chi connectivity index (χ1n) is 7.01. The van der Waals surface area contributed by atoms with Crippen LogP contribution in [0.25, 0.3) is 0 Å². The molecule has 1 aliphatic heterocycles. The topological polar surface area (TPSA) is 24.5 Å². The Morgan fingerprint density at radius 3 is 2.89 bits per heavy atom. The highest BCUT2D eigenvalue weighted by Gasteiger charge is 2.11. The zero-order chi connectivity index (χ0) is 13.7. The van der Waals surface area contributed by atoms with Crippen LogP contribution in [0.5, 0.6) is 0 Å². The molecule has 0 bridgehead atoms. The predicted molar refractivity (Wildman–Crippen MR) is 81.1 cm³/mol. The van der Waals surface area contributed by atoms with Crippen molar-refractivity contribution in [3.05, 3.63) is 28.8 Å². The van der Waals surface area contributed by atoms with Gasteiger partial charge in [-0.3, -0.25) is 0 Å². The van der Waals surface area contributed by atoms with Gasteiger partial charge >= 0.3 is 0 Å². The monoisotopic (exact) mass is 282 g/mol. The molecule has 3 nitrogen and oxygen atoms in total. The molecule has 1 aromatic carbocycles. The molecule has 0 amide bonds. The van der Waals surface area contributed by atoms with Gasteiger partial charge in [-0.1, -0.05) is 31.5 Å². The quantitative estimate of drug-likeness (QED) is 0.919. The number of anilines is 1. The van der Waals surface area contributed by atoms with E-state index in [-0.39, 0.29) is 0 Å². The van der Waals surface area contributed by atoms with Gasteiger partial charge in [0.15, 0.2) is 0 Å². The summed E-state index contributed by atoms with van der Waals surface area (Å²) in [4.78, 5) is 2.35. The fourth-order valence-electron chi connectivity index (χ4n) is 2.19. The second-order valence-corrected chi connectivity index (χ2v) is 5.67. The number of nitrogens with one attached hydrogen (secondary N) is 1. The normalized spacial score (nSPS) is 16.7. The van der Waals surface area contributed by atoms with Crippen LogP contribution in [0.3, 0.4) is 0 Å². The van der Waals surface area contributed by atoms with E-state index in [0.29, 0.717) is 6.04 Å². The van der Waals surface area contributed by atoms with E-state index in [1.165, 1.54) is 5.69 Å². The Hall–Kier alpha value is -0.770. The molecule has 0 aromatic heterocycles. The molecule has 1 N–H and O–H groups in total. The van der Waals surface area contributed by atoms with Crippen molar-refractivity contribution >= 4 is 17.3 Å². The van der Waals surface area contributed by atoms with E-state index in [2.05, 4.69) is 42.3 Å². The zero-order valence-corrected chi connectivity index (χ0v) is 12.5. The summed E-state index contributed by atoms with van der Waals surface area (Å²) >= 11 is 6.37. The fourth-order valence-corrected chi connectivity index (χ4v) is 2.44. The van der Waals surface area contributed by atoms with Crippen LogP contribution in [0.4, 0.5) is 5.69 Å². The number of ether oxygens (including phenoxy) is 1. The summed E-state index contributed by atoms with van der Waals surface area (Å²) in [5.74, 6) is 0. The molecular formula is C15H23ClN2O. The van der Waals surface area contributed by atoms with Crippen LogP contribution in [-0.4, -0.2) is 32.3 Å². The standard InChI is InChI=1S/C15H23ClN2O/c1-12(2)17-11-13-4-5-14(10-15(13)16)18-6-3-8-19-9-7-18/h4-5,10,12,17H,3,6-9,11H2,1-2H3. The Morgan fingerprint density at radius 1 is 1.32 bits per heavy atom. The first-order chi connectivity index (χ1) is 9.16. The minimum absolute atomic E-state index is 0.471. The lowest BCUT2D eigenvalue weighted by Crippen LogP contribution is -2.26. The number of halogens is 1. The summed E-state index contributed by atoms with van der Waals surface area (Å²) in [5, 5.41) is 4.24. The smallest absolute Gasteiger partial charge is 0.0641 e. The highest BCUT2D eigenvalue weighted by molar-refractivity contribution is 6.31. The van der Waals surface area contributed by atoms with Crippen molar-refractivity contribution in [2.45, 2.75) is 32.9 Å². The molecule has 4 heteroatoms. The summed E-state index contributed by atoms with van der Waals surface area (Å²) in [6, 6.07) is 6.83. The molecule has 19 heavy (non-hydrogen) atoms. The molecule has 1 heterocycles. The van der Waals surface area contributed by atoms with Gasteiger partial charge < -0.3 is 15.0 Å². The van der Waals surface area contributed by atoms with Gasteiger partial charge in [0.05, 0.1) is 6.61 Å². The van der Waals surface area contributed by atoms with Gasteiger partial charge in [0.1, 0.15) is 0 Å². The Labute approximate surface area is 120 Å². The third-order valence-electron chi connectivity index (χ3n) is 3.32. The van der Waals surface area contributed by atoms with Gasteiger partial charge in [-0.2, -0.15) is 0 Å². The molecule has 2 rings (SSSR count). The molecule has 1 fully saturated rings. The van der Waals surface area contributed by atoms with E-state index in [1.807, 2.05) is 0 Å². The van der Waals surface area contributed by atoms with Gasteiger partial charge in [-0.25, -0.2) is 0 Å². The fraction of sp³-hybridized carbons (Fsp3) is 0.600. The second-order valence-electron chi connectivity index (χ2n) is 5.26. The van der Waals surface area contributed by atoms with Gasteiger partial charge in [-0.05, 0) is 24.1 Å². The lowest BCUT2D eigenvalue weighted by atomic mass is 10.1. The Balaban J connectivity index is 2.04. The van der Waals surface area contributed by atoms with Gasteiger partial charge in [-0.15, -0.1) is 0 Å². The maximum atomic E-state index is 6.37. The summed E-state index contributed by atoms with van der Waals surface area (Å²) in [6.45, 7) is 8.74.